The Morgan fingerprint density at radius 2 is 1.67 bits per heavy atom. The van der Waals surface area contributed by atoms with E-state index in [1.165, 1.54) is 17.2 Å². The first kappa shape index (κ1) is 22.6. The Morgan fingerprint density at radius 1 is 1.00 bits per heavy atom. The number of carboxylic acids is 1. The Bertz CT molecular complexity index is 1020. The summed E-state index contributed by atoms with van der Waals surface area (Å²) in [6, 6.07) is 16.2. The van der Waals surface area contributed by atoms with Crippen LogP contribution in [0.3, 0.4) is 0 Å². The predicted octanol–water partition coefficient (Wildman–Crippen LogP) is 3.84. The molecule has 2 aromatic rings. The number of aliphatic carboxylic acids is 1. The van der Waals surface area contributed by atoms with Crippen LogP contribution in [0.5, 0.6) is 0 Å². The number of alkyl carbamates (subject to hydrolysis) is 1. The quantitative estimate of drug-likeness (QED) is 0.558. The molecule has 4 rings (SSSR count). The van der Waals surface area contributed by atoms with Crippen LogP contribution in [0.4, 0.5) is 4.79 Å². The number of hydrogen-bond donors (Lipinski definition) is 3. The van der Waals surface area contributed by atoms with Gasteiger partial charge in [-0.15, -0.1) is 0 Å². The number of fused-ring (bicyclic) bond motifs is 3. The van der Waals surface area contributed by atoms with Crippen molar-refractivity contribution >= 4 is 18.0 Å². The van der Waals surface area contributed by atoms with Gasteiger partial charge >= 0.3 is 12.1 Å². The fourth-order valence-corrected chi connectivity index (χ4v) is 4.75. The Morgan fingerprint density at radius 3 is 2.33 bits per heavy atom. The Hall–Kier alpha value is -3.61. The Balaban J connectivity index is 1.22. The van der Waals surface area contributed by atoms with Gasteiger partial charge in [0.15, 0.2) is 0 Å². The van der Waals surface area contributed by atoms with Crippen molar-refractivity contribution in [2.75, 3.05) is 13.2 Å². The summed E-state index contributed by atoms with van der Waals surface area (Å²) in [6.45, 7) is 0.392. The first-order chi connectivity index (χ1) is 16.0. The fourth-order valence-electron chi connectivity index (χ4n) is 4.75. The molecule has 7 heteroatoms. The minimum Gasteiger partial charge on any atom is -0.481 e. The van der Waals surface area contributed by atoms with Gasteiger partial charge < -0.3 is 20.5 Å². The average Bonchev–Trinajstić information content (AvgIpc) is 3.14. The summed E-state index contributed by atoms with van der Waals surface area (Å²) in [6.07, 6.45) is 5.03. The highest BCUT2D eigenvalue weighted by Crippen LogP contribution is 2.44. The molecule has 2 amide bonds. The van der Waals surface area contributed by atoms with Crippen molar-refractivity contribution in [1.29, 1.82) is 0 Å². The van der Waals surface area contributed by atoms with Crippen molar-refractivity contribution in [3.05, 3.63) is 71.8 Å². The van der Waals surface area contributed by atoms with Gasteiger partial charge in [0.1, 0.15) is 6.61 Å². The maximum absolute atomic E-state index is 12.2. The van der Waals surface area contributed by atoms with E-state index in [9.17, 15) is 14.4 Å². The van der Waals surface area contributed by atoms with Crippen LogP contribution < -0.4 is 10.6 Å². The lowest BCUT2D eigenvalue weighted by molar-refractivity contribution is -0.143. The summed E-state index contributed by atoms with van der Waals surface area (Å²) in [5.74, 6) is -1.50. The summed E-state index contributed by atoms with van der Waals surface area (Å²) in [5.41, 5.74) is 4.64. The van der Waals surface area contributed by atoms with Gasteiger partial charge in [-0.1, -0.05) is 61.0 Å². The molecule has 172 valence electrons. The van der Waals surface area contributed by atoms with Crippen LogP contribution >= 0.6 is 0 Å². The van der Waals surface area contributed by atoms with Gasteiger partial charge in [0, 0.05) is 24.6 Å². The van der Waals surface area contributed by atoms with Crippen LogP contribution in [-0.2, 0) is 14.3 Å². The molecule has 0 heterocycles. The Kier molecular flexibility index (Phi) is 7.07. The van der Waals surface area contributed by atoms with Crippen LogP contribution in [-0.4, -0.2) is 42.3 Å². The first-order valence-electron chi connectivity index (χ1n) is 11.3. The summed E-state index contributed by atoms with van der Waals surface area (Å²) in [7, 11) is 0. The highest BCUT2D eigenvalue weighted by molar-refractivity contribution is 5.88. The number of rotatable bonds is 7. The molecule has 1 saturated carbocycles. The number of carbonyl (C=O) groups is 3. The summed E-state index contributed by atoms with van der Waals surface area (Å²) in [4.78, 5) is 35.4. The van der Waals surface area contributed by atoms with Gasteiger partial charge in [0.2, 0.25) is 5.91 Å². The molecule has 0 aromatic heterocycles. The lowest BCUT2D eigenvalue weighted by Crippen LogP contribution is -2.39. The number of hydrogen-bond acceptors (Lipinski definition) is 4. The maximum atomic E-state index is 12.2. The summed E-state index contributed by atoms with van der Waals surface area (Å²) >= 11 is 0. The minimum absolute atomic E-state index is 0.00501. The van der Waals surface area contributed by atoms with Crippen LogP contribution in [0.1, 0.15) is 42.7 Å². The third-order valence-corrected chi connectivity index (χ3v) is 6.35. The average molecular weight is 449 g/mol. The highest BCUT2D eigenvalue weighted by Gasteiger charge is 2.29. The van der Waals surface area contributed by atoms with E-state index < -0.39 is 18.0 Å². The largest absolute Gasteiger partial charge is 0.481 e. The minimum atomic E-state index is -0.809. The van der Waals surface area contributed by atoms with Crippen molar-refractivity contribution < 1.29 is 24.2 Å². The second-order valence-corrected chi connectivity index (χ2v) is 8.52. The molecule has 3 N–H and O–H groups in total. The molecule has 0 aliphatic heterocycles. The monoisotopic (exact) mass is 448 g/mol. The summed E-state index contributed by atoms with van der Waals surface area (Å²) in [5, 5.41) is 14.6. The van der Waals surface area contributed by atoms with Crippen molar-refractivity contribution in [1.82, 2.24) is 10.6 Å². The van der Waals surface area contributed by atoms with Crippen LogP contribution in [0.15, 0.2) is 60.7 Å². The number of amides is 2. The zero-order chi connectivity index (χ0) is 23.2. The molecule has 2 aromatic carbocycles. The van der Waals surface area contributed by atoms with E-state index in [1.807, 2.05) is 24.3 Å². The van der Waals surface area contributed by atoms with Crippen molar-refractivity contribution in [3.63, 3.8) is 0 Å². The maximum Gasteiger partial charge on any atom is 0.407 e. The van der Waals surface area contributed by atoms with E-state index in [1.54, 1.807) is 6.08 Å². The van der Waals surface area contributed by atoms with Crippen molar-refractivity contribution in [2.45, 2.75) is 37.6 Å². The van der Waals surface area contributed by atoms with Gasteiger partial charge in [-0.2, -0.15) is 0 Å². The number of carbonyl (C=O) groups excluding carboxylic acids is 2. The molecule has 33 heavy (non-hydrogen) atoms. The van der Waals surface area contributed by atoms with Gasteiger partial charge in [-0.25, -0.2) is 4.79 Å². The fraction of sp³-hybridized carbons (Fsp3) is 0.346. The van der Waals surface area contributed by atoms with E-state index in [0.29, 0.717) is 12.8 Å². The molecule has 2 aliphatic rings. The molecule has 2 atom stereocenters. The molecule has 0 spiro atoms. The van der Waals surface area contributed by atoms with E-state index in [4.69, 9.17) is 9.84 Å². The van der Waals surface area contributed by atoms with Crippen LogP contribution in [0, 0.1) is 5.92 Å². The standard InChI is InChI=1S/C26H28N2O5/c29-24(28-18-8-5-7-17(15-18)25(30)31)13-6-14-27-26(32)33-16-23-21-11-3-1-9-19(21)20-10-2-4-12-22(20)23/h1-4,6,9-13,17-18,23H,5,7-8,14-16H2,(H,27,32)(H,28,29)(H,30,31)/b13-6+/t17-,18+/m1/s1. The third kappa shape index (κ3) is 5.42. The van der Waals surface area contributed by atoms with Crippen LogP contribution in [0.25, 0.3) is 11.1 Å². The molecule has 2 aliphatic carbocycles. The molecule has 0 saturated heterocycles. The van der Waals surface area contributed by atoms with E-state index in [2.05, 4.69) is 34.9 Å². The SMILES string of the molecule is O=C(/C=C/CNC(=O)OCC1c2ccccc2-c2ccccc21)N[C@H]1CCC[C@@H](C(=O)O)C1. The number of nitrogens with one attached hydrogen (secondary N) is 2. The normalized spacial score (nSPS) is 19.5. The van der Waals surface area contributed by atoms with Crippen molar-refractivity contribution in [3.8, 4) is 11.1 Å². The molecule has 7 nitrogen and oxygen atoms in total. The van der Waals surface area contributed by atoms with Crippen molar-refractivity contribution in [2.24, 2.45) is 5.92 Å². The Labute approximate surface area is 192 Å². The second kappa shape index (κ2) is 10.3. The molecular formula is C26H28N2O5. The molecular weight excluding hydrogens is 420 g/mol. The smallest absolute Gasteiger partial charge is 0.407 e. The lowest BCUT2D eigenvalue weighted by atomic mass is 9.86. The topological polar surface area (TPSA) is 105 Å². The number of ether oxygens (including phenoxy) is 1. The molecule has 0 bridgehead atoms. The zero-order valence-corrected chi connectivity index (χ0v) is 18.3. The van der Waals surface area contributed by atoms with E-state index >= 15 is 0 Å². The summed E-state index contributed by atoms with van der Waals surface area (Å²) < 4.78 is 5.46. The van der Waals surface area contributed by atoms with Gasteiger partial charge in [-0.3, -0.25) is 9.59 Å². The molecule has 1 fully saturated rings. The molecule has 0 radical (unpaired) electrons. The van der Waals surface area contributed by atoms with E-state index in [-0.39, 0.29) is 31.0 Å². The molecule has 0 unspecified atom stereocenters. The van der Waals surface area contributed by atoms with E-state index in [0.717, 1.165) is 24.0 Å². The van der Waals surface area contributed by atoms with Gasteiger partial charge in [0.25, 0.3) is 0 Å². The number of carboxylic acid groups (broad SMARTS) is 1. The van der Waals surface area contributed by atoms with Gasteiger partial charge in [-0.05, 0) is 41.5 Å². The van der Waals surface area contributed by atoms with Crippen LogP contribution in [0.2, 0.25) is 0 Å². The second-order valence-electron chi connectivity index (χ2n) is 8.52. The van der Waals surface area contributed by atoms with Gasteiger partial charge in [0.05, 0.1) is 5.92 Å². The number of benzene rings is 2. The lowest BCUT2D eigenvalue weighted by Gasteiger charge is -2.26. The first-order valence-corrected chi connectivity index (χ1v) is 11.3. The predicted molar refractivity (Wildman–Crippen MR) is 124 cm³/mol. The highest BCUT2D eigenvalue weighted by atomic mass is 16.5. The third-order valence-electron chi connectivity index (χ3n) is 6.35. The zero-order valence-electron chi connectivity index (χ0n) is 18.3.